The van der Waals surface area contributed by atoms with Crippen LogP contribution in [0.25, 0.3) is 0 Å². The van der Waals surface area contributed by atoms with Crippen molar-refractivity contribution in [1.29, 1.82) is 5.26 Å². The molecule has 1 heterocycles. The minimum atomic E-state index is 0.552. The molecule has 13 heavy (non-hydrogen) atoms. The van der Waals surface area contributed by atoms with E-state index in [9.17, 15) is 0 Å². The predicted octanol–water partition coefficient (Wildman–Crippen LogP) is 1.92. The zero-order chi connectivity index (χ0) is 9.10. The lowest BCUT2D eigenvalue weighted by atomic mass is 9.93. The lowest BCUT2D eigenvalue weighted by molar-refractivity contribution is 0.445. The van der Waals surface area contributed by atoms with Crippen LogP contribution < -0.4 is 5.32 Å². The van der Waals surface area contributed by atoms with Gasteiger partial charge in [0.25, 0.3) is 0 Å². The fourth-order valence-corrected chi connectivity index (χ4v) is 1.38. The van der Waals surface area contributed by atoms with Gasteiger partial charge in [-0.25, -0.2) is 0 Å². The van der Waals surface area contributed by atoms with Crippen molar-refractivity contribution in [2.24, 2.45) is 0 Å². The van der Waals surface area contributed by atoms with Gasteiger partial charge < -0.3 is 5.32 Å². The van der Waals surface area contributed by atoms with E-state index < -0.39 is 0 Å². The fraction of sp³-hybridized carbons (Fsp3) is 0.400. The maximum Gasteiger partial charge on any atom is 0.101 e. The van der Waals surface area contributed by atoms with Crippen LogP contribution in [0.2, 0.25) is 0 Å². The Balaban J connectivity index is 2.14. The Kier molecular flexibility index (Phi) is 2.13. The smallest absolute Gasteiger partial charge is 0.101 e. The molecule has 0 atom stereocenters. The number of hydrogen-bond acceptors (Lipinski definition) is 3. The highest BCUT2D eigenvalue weighted by atomic mass is 14.9. The molecule has 3 heteroatoms. The van der Waals surface area contributed by atoms with Crippen LogP contribution >= 0.6 is 0 Å². The average Bonchev–Trinajstić information content (AvgIpc) is 2.12. The molecule has 1 N–H and O–H groups in total. The number of nitrogens with zero attached hydrogens (tertiary/aromatic N) is 2. The van der Waals surface area contributed by atoms with E-state index in [0.717, 1.165) is 5.69 Å². The summed E-state index contributed by atoms with van der Waals surface area (Å²) in [6.45, 7) is 0. The van der Waals surface area contributed by atoms with Crippen LogP contribution in [0.5, 0.6) is 0 Å². The number of nitrogens with one attached hydrogen (secondary N) is 1. The summed E-state index contributed by atoms with van der Waals surface area (Å²) < 4.78 is 0. The molecule has 0 spiro atoms. The van der Waals surface area contributed by atoms with E-state index in [1.54, 1.807) is 18.5 Å². The van der Waals surface area contributed by atoms with Crippen LogP contribution in [0.4, 0.5) is 5.69 Å². The topological polar surface area (TPSA) is 48.7 Å². The number of anilines is 1. The normalized spacial score (nSPS) is 15.9. The third-order valence-corrected chi connectivity index (χ3v) is 2.41. The molecule has 2 rings (SSSR count). The highest BCUT2D eigenvalue weighted by Crippen LogP contribution is 2.24. The second kappa shape index (κ2) is 3.44. The fourth-order valence-electron chi connectivity index (χ4n) is 1.38. The van der Waals surface area contributed by atoms with Crippen LogP contribution in [-0.4, -0.2) is 11.0 Å². The summed E-state index contributed by atoms with van der Waals surface area (Å²) in [5.41, 5.74) is 1.55. The van der Waals surface area contributed by atoms with E-state index >= 15 is 0 Å². The Labute approximate surface area is 77.4 Å². The van der Waals surface area contributed by atoms with Gasteiger partial charge in [-0.2, -0.15) is 5.26 Å². The molecular weight excluding hydrogens is 162 g/mol. The summed E-state index contributed by atoms with van der Waals surface area (Å²) in [4.78, 5) is 3.99. The van der Waals surface area contributed by atoms with Crippen LogP contribution in [0, 0.1) is 11.3 Å². The van der Waals surface area contributed by atoms with Gasteiger partial charge in [-0.3, -0.25) is 4.98 Å². The van der Waals surface area contributed by atoms with Gasteiger partial charge in [-0.1, -0.05) is 0 Å². The standard InChI is InChI=1S/C10H11N3/c11-6-8-4-5-12-7-10(8)13-9-2-1-3-9/h4-5,7,9,13H,1-3H2. The molecule has 0 unspecified atom stereocenters. The lowest BCUT2D eigenvalue weighted by Crippen LogP contribution is -2.27. The van der Waals surface area contributed by atoms with Crippen molar-refractivity contribution >= 4 is 5.69 Å². The molecule has 0 amide bonds. The lowest BCUT2D eigenvalue weighted by Gasteiger charge is -2.27. The third-order valence-electron chi connectivity index (χ3n) is 2.41. The summed E-state index contributed by atoms with van der Waals surface area (Å²) in [7, 11) is 0. The number of aromatic nitrogens is 1. The predicted molar refractivity (Wildman–Crippen MR) is 50.2 cm³/mol. The van der Waals surface area contributed by atoms with Crippen LogP contribution in [-0.2, 0) is 0 Å². The molecule has 3 nitrogen and oxygen atoms in total. The van der Waals surface area contributed by atoms with Gasteiger partial charge in [-0.15, -0.1) is 0 Å². The number of hydrogen-bond donors (Lipinski definition) is 1. The summed E-state index contributed by atoms with van der Waals surface area (Å²) in [6, 6.07) is 4.44. The quantitative estimate of drug-likeness (QED) is 0.743. The zero-order valence-corrected chi connectivity index (χ0v) is 7.33. The Bertz CT molecular complexity index is 336. The number of nitriles is 1. The van der Waals surface area contributed by atoms with E-state index in [-0.39, 0.29) is 0 Å². The molecule has 1 aliphatic rings. The van der Waals surface area contributed by atoms with Gasteiger partial charge in [0.1, 0.15) is 6.07 Å². The van der Waals surface area contributed by atoms with Crippen molar-refractivity contribution in [3.8, 4) is 6.07 Å². The Morgan fingerprint density at radius 2 is 2.38 bits per heavy atom. The average molecular weight is 173 g/mol. The maximum absolute atomic E-state index is 8.80. The molecule has 1 aromatic heterocycles. The monoisotopic (exact) mass is 173 g/mol. The second-order valence-electron chi connectivity index (χ2n) is 3.31. The molecular formula is C10H11N3. The van der Waals surface area contributed by atoms with Crippen molar-refractivity contribution in [3.63, 3.8) is 0 Å². The minimum absolute atomic E-state index is 0.552. The first-order valence-corrected chi connectivity index (χ1v) is 4.51. The first-order chi connectivity index (χ1) is 6.40. The van der Waals surface area contributed by atoms with Gasteiger partial charge >= 0.3 is 0 Å². The number of pyridine rings is 1. The van der Waals surface area contributed by atoms with Crippen molar-refractivity contribution in [2.45, 2.75) is 25.3 Å². The van der Waals surface area contributed by atoms with E-state index in [1.165, 1.54) is 19.3 Å². The Morgan fingerprint density at radius 3 is 3.00 bits per heavy atom. The molecule has 0 radical (unpaired) electrons. The first kappa shape index (κ1) is 8.06. The molecule has 0 aromatic carbocycles. The van der Waals surface area contributed by atoms with Crippen LogP contribution in [0.1, 0.15) is 24.8 Å². The van der Waals surface area contributed by atoms with Crippen LogP contribution in [0.15, 0.2) is 18.5 Å². The molecule has 1 saturated carbocycles. The summed E-state index contributed by atoms with van der Waals surface area (Å²) in [5.74, 6) is 0. The van der Waals surface area contributed by atoms with Crippen molar-refractivity contribution < 1.29 is 0 Å². The Hall–Kier alpha value is -1.56. The maximum atomic E-state index is 8.80. The van der Waals surface area contributed by atoms with E-state index in [1.807, 2.05) is 0 Å². The van der Waals surface area contributed by atoms with Gasteiger partial charge in [-0.05, 0) is 25.3 Å². The molecule has 0 saturated heterocycles. The van der Waals surface area contributed by atoms with Gasteiger partial charge in [0, 0.05) is 12.2 Å². The highest BCUT2D eigenvalue weighted by molar-refractivity contribution is 5.56. The van der Waals surface area contributed by atoms with Gasteiger partial charge in [0.2, 0.25) is 0 Å². The van der Waals surface area contributed by atoms with Crippen molar-refractivity contribution in [2.75, 3.05) is 5.32 Å². The van der Waals surface area contributed by atoms with Crippen molar-refractivity contribution in [3.05, 3.63) is 24.0 Å². The highest BCUT2D eigenvalue weighted by Gasteiger charge is 2.17. The Morgan fingerprint density at radius 1 is 1.54 bits per heavy atom. The SMILES string of the molecule is N#Cc1ccncc1NC1CCC1. The van der Waals surface area contributed by atoms with E-state index in [2.05, 4.69) is 16.4 Å². The minimum Gasteiger partial charge on any atom is -0.380 e. The molecule has 1 aliphatic carbocycles. The number of rotatable bonds is 2. The van der Waals surface area contributed by atoms with E-state index in [4.69, 9.17) is 5.26 Å². The van der Waals surface area contributed by atoms with Gasteiger partial charge in [0.15, 0.2) is 0 Å². The first-order valence-electron chi connectivity index (χ1n) is 4.51. The molecule has 1 fully saturated rings. The molecule has 66 valence electrons. The van der Waals surface area contributed by atoms with Crippen molar-refractivity contribution in [1.82, 2.24) is 4.98 Å². The summed E-state index contributed by atoms with van der Waals surface area (Å²) in [6.07, 6.45) is 7.07. The largest absolute Gasteiger partial charge is 0.380 e. The molecule has 0 bridgehead atoms. The zero-order valence-electron chi connectivity index (χ0n) is 7.33. The van der Waals surface area contributed by atoms with Gasteiger partial charge in [0.05, 0.1) is 17.4 Å². The summed E-state index contributed by atoms with van der Waals surface area (Å²) >= 11 is 0. The summed E-state index contributed by atoms with van der Waals surface area (Å²) in [5, 5.41) is 12.1. The second-order valence-corrected chi connectivity index (χ2v) is 3.31. The molecule has 1 aromatic rings. The van der Waals surface area contributed by atoms with E-state index in [0.29, 0.717) is 11.6 Å². The van der Waals surface area contributed by atoms with Crippen LogP contribution in [0.3, 0.4) is 0 Å². The molecule has 0 aliphatic heterocycles. The third kappa shape index (κ3) is 1.62.